The summed E-state index contributed by atoms with van der Waals surface area (Å²) < 4.78 is 5.42. The van der Waals surface area contributed by atoms with E-state index in [1.807, 2.05) is 20.8 Å². The number of non-ortho nitro benzene ring substituents is 1. The average Bonchev–Trinajstić information content (AvgIpc) is 2.27. The van der Waals surface area contributed by atoms with Gasteiger partial charge in [-0.3, -0.25) is 14.9 Å². The van der Waals surface area contributed by atoms with Crippen molar-refractivity contribution in [3.63, 3.8) is 0 Å². The van der Waals surface area contributed by atoms with Crippen LogP contribution in [-0.2, 0) is 4.79 Å². The molecule has 1 aromatic rings. The number of benzene rings is 1. The summed E-state index contributed by atoms with van der Waals surface area (Å²) in [6, 6.07) is 5.62. The second kappa shape index (κ2) is 5.69. The summed E-state index contributed by atoms with van der Waals surface area (Å²) in [5.41, 5.74) is -0.344. The van der Waals surface area contributed by atoms with Crippen LogP contribution in [0.5, 0.6) is 5.75 Å². The van der Waals surface area contributed by atoms with Gasteiger partial charge in [0.25, 0.3) is 11.6 Å². The first-order valence-electron chi connectivity index (χ1n) is 5.92. The largest absolute Gasteiger partial charge is 0.481 e. The van der Waals surface area contributed by atoms with Crippen LogP contribution < -0.4 is 10.1 Å². The van der Waals surface area contributed by atoms with E-state index in [0.29, 0.717) is 5.75 Å². The van der Waals surface area contributed by atoms with Gasteiger partial charge in [0.2, 0.25) is 0 Å². The first kappa shape index (κ1) is 14.9. The maximum atomic E-state index is 11.8. The third-order valence-corrected chi connectivity index (χ3v) is 2.23. The molecule has 0 spiro atoms. The lowest BCUT2D eigenvalue weighted by molar-refractivity contribution is -0.384. The molecule has 1 amide bonds. The van der Waals surface area contributed by atoms with Gasteiger partial charge in [-0.2, -0.15) is 0 Å². The van der Waals surface area contributed by atoms with E-state index in [1.54, 1.807) is 6.92 Å². The molecule has 0 saturated carbocycles. The number of hydrogen-bond donors (Lipinski definition) is 1. The quantitative estimate of drug-likeness (QED) is 0.669. The smallest absolute Gasteiger partial charge is 0.269 e. The van der Waals surface area contributed by atoms with Crippen molar-refractivity contribution in [2.75, 3.05) is 0 Å². The number of hydrogen-bond acceptors (Lipinski definition) is 4. The van der Waals surface area contributed by atoms with Crippen LogP contribution in [0.1, 0.15) is 27.7 Å². The third kappa shape index (κ3) is 4.95. The molecule has 0 saturated heterocycles. The molecule has 1 unspecified atom stereocenters. The van der Waals surface area contributed by atoms with Gasteiger partial charge in [0, 0.05) is 17.7 Å². The minimum Gasteiger partial charge on any atom is -0.481 e. The Bertz CT molecular complexity index is 463. The summed E-state index contributed by atoms with van der Waals surface area (Å²) in [5.74, 6) is 0.188. The molecule has 1 N–H and O–H groups in total. The predicted molar refractivity (Wildman–Crippen MR) is 71.1 cm³/mol. The van der Waals surface area contributed by atoms with Crippen LogP contribution in [0.4, 0.5) is 5.69 Å². The number of nitrogens with one attached hydrogen (secondary N) is 1. The Morgan fingerprint density at radius 3 is 2.26 bits per heavy atom. The van der Waals surface area contributed by atoms with E-state index in [0.717, 1.165) is 0 Å². The number of nitro benzene ring substituents is 1. The number of amides is 1. The molecule has 0 aliphatic carbocycles. The highest BCUT2D eigenvalue weighted by Crippen LogP contribution is 2.18. The molecule has 6 heteroatoms. The second-order valence-corrected chi connectivity index (χ2v) is 5.25. The highest BCUT2D eigenvalue weighted by Gasteiger charge is 2.20. The van der Waals surface area contributed by atoms with E-state index in [1.165, 1.54) is 24.3 Å². The summed E-state index contributed by atoms with van der Waals surface area (Å²) in [7, 11) is 0. The van der Waals surface area contributed by atoms with Crippen LogP contribution in [0, 0.1) is 10.1 Å². The van der Waals surface area contributed by atoms with Crippen LogP contribution in [0.2, 0.25) is 0 Å². The van der Waals surface area contributed by atoms with Gasteiger partial charge >= 0.3 is 0 Å². The van der Waals surface area contributed by atoms with Crippen molar-refractivity contribution in [2.24, 2.45) is 0 Å². The first-order chi connectivity index (χ1) is 8.69. The Kier molecular flexibility index (Phi) is 4.47. The van der Waals surface area contributed by atoms with Gasteiger partial charge in [-0.25, -0.2) is 0 Å². The molecule has 0 aromatic heterocycles. The summed E-state index contributed by atoms with van der Waals surface area (Å²) in [6.07, 6.45) is -0.666. The zero-order valence-corrected chi connectivity index (χ0v) is 11.5. The molecule has 0 radical (unpaired) electrons. The molecule has 104 valence electrons. The van der Waals surface area contributed by atoms with Crippen molar-refractivity contribution in [1.82, 2.24) is 5.32 Å². The normalized spacial score (nSPS) is 12.6. The molecular weight excluding hydrogens is 248 g/mol. The molecule has 0 heterocycles. The van der Waals surface area contributed by atoms with Gasteiger partial charge in [0.05, 0.1) is 4.92 Å². The van der Waals surface area contributed by atoms with Crippen LogP contribution in [-0.4, -0.2) is 22.5 Å². The number of nitrogens with zero attached hydrogens (tertiary/aromatic N) is 1. The molecule has 1 aromatic carbocycles. The highest BCUT2D eigenvalue weighted by atomic mass is 16.6. The zero-order chi connectivity index (χ0) is 14.6. The van der Waals surface area contributed by atoms with Gasteiger partial charge < -0.3 is 10.1 Å². The average molecular weight is 266 g/mol. The first-order valence-corrected chi connectivity index (χ1v) is 5.92. The number of carbonyl (C=O) groups excluding carboxylic acids is 1. The van der Waals surface area contributed by atoms with Gasteiger partial charge in [-0.1, -0.05) is 0 Å². The lowest BCUT2D eigenvalue weighted by Gasteiger charge is -2.23. The van der Waals surface area contributed by atoms with E-state index in [9.17, 15) is 14.9 Å². The minimum atomic E-state index is -0.666. The Balaban J connectivity index is 2.64. The van der Waals surface area contributed by atoms with Crippen molar-refractivity contribution in [3.8, 4) is 5.75 Å². The van der Waals surface area contributed by atoms with Gasteiger partial charge in [-0.05, 0) is 39.8 Å². The fourth-order valence-electron chi connectivity index (χ4n) is 1.38. The molecule has 0 aliphatic rings. The Morgan fingerprint density at radius 1 is 1.32 bits per heavy atom. The fraction of sp³-hybridized carbons (Fsp3) is 0.462. The van der Waals surface area contributed by atoms with Gasteiger partial charge in [0.1, 0.15) is 5.75 Å². The van der Waals surface area contributed by atoms with Gasteiger partial charge in [-0.15, -0.1) is 0 Å². The van der Waals surface area contributed by atoms with Crippen LogP contribution >= 0.6 is 0 Å². The SMILES string of the molecule is CC(Oc1ccc([N+](=O)[O-])cc1)C(=O)NC(C)(C)C. The Labute approximate surface area is 111 Å². The minimum absolute atomic E-state index is 0.0147. The van der Waals surface area contributed by atoms with Crippen molar-refractivity contribution in [2.45, 2.75) is 39.3 Å². The fourth-order valence-corrected chi connectivity index (χ4v) is 1.38. The number of ether oxygens (including phenoxy) is 1. The Hall–Kier alpha value is -2.11. The number of carbonyl (C=O) groups is 1. The summed E-state index contributed by atoms with van der Waals surface area (Å²) in [6.45, 7) is 7.26. The summed E-state index contributed by atoms with van der Waals surface area (Å²) >= 11 is 0. The predicted octanol–water partition coefficient (Wildman–Crippen LogP) is 2.28. The molecule has 1 rings (SSSR count). The third-order valence-electron chi connectivity index (χ3n) is 2.23. The standard InChI is InChI=1S/C13H18N2O4/c1-9(12(16)14-13(2,3)4)19-11-7-5-10(6-8-11)15(17)18/h5-9H,1-4H3,(H,14,16). The topological polar surface area (TPSA) is 81.5 Å². The Morgan fingerprint density at radius 2 is 1.84 bits per heavy atom. The van der Waals surface area contributed by atoms with Crippen molar-refractivity contribution < 1.29 is 14.5 Å². The van der Waals surface area contributed by atoms with E-state index in [4.69, 9.17) is 4.74 Å². The molecular formula is C13H18N2O4. The summed E-state index contributed by atoms with van der Waals surface area (Å²) in [5, 5.41) is 13.3. The van der Waals surface area contributed by atoms with Crippen molar-refractivity contribution in [3.05, 3.63) is 34.4 Å². The number of nitro groups is 1. The van der Waals surface area contributed by atoms with E-state index in [-0.39, 0.29) is 17.1 Å². The second-order valence-electron chi connectivity index (χ2n) is 5.25. The molecule has 0 bridgehead atoms. The maximum Gasteiger partial charge on any atom is 0.269 e. The van der Waals surface area contributed by atoms with Crippen molar-refractivity contribution in [1.29, 1.82) is 0 Å². The maximum absolute atomic E-state index is 11.8. The molecule has 0 fully saturated rings. The lowest BCUT2D eigenvalue weighted by Crippen LogP contribution is -2.46. The zero-order valence-electron chi connectivity index (χ0n) is 11.5. The van der Waals surface area contributed by atoms with E-state index in [2.05, 4.69) is 5.32 Å². The van der Waals surface area contributed by atoms with Crippen LogP contribution in [0.3, 0.4) is 0 Å². The molecule has 1 atom stereocenters. The van der Waals surface area contributed by atoms with Crippen LogP contribution in [0.25, 0.3) is 0 Å². The molecule has 0 aliphatic heterocycles. The highest BCUT2D eigenvalue weighted by molar-refractivity contribution is 5.81. The van der Waals surface area contributed by atoms with Crippen LogP contribution in [0.15, 0.2) is 24.3 Å². The molecule has 6 nitrogen and oxygen atoms in total. The number of rotatable bonds is 4. The lowest BCUT2D eigenvalue weighted by atomic mass is 10.1. The monoisotopic (exact) mass is 266 g/mol. The van der Waals surface area contributed by atoms with E-state index < -0.39 is 11.0 Å². The van der Waals surface area contributed by atoms with Crippen molar-refractivity contribution >= 4 is 11.6 Å². The van der Waals surface area contributed by atoms with E-state index >= 15 is 0 Å². The van der Waals surface area contributed by atoms with Gasteiger partial charge in [0.15, 0.2) is 6.10 Å². The molecule has 19 heavy (non-hydrogen) atoms. The summed E-state index contributed by atoms with van der Waals surface area (Å²) in [4.78, 5) is 21.8.